The zero-order chi connectivity index (χ0) is 19.7. The topological polar surface area (TPSA) is 80.6 Å². The number of fused-ring (bicyclic) bond motifs is 4. The van der Waals surface area contributed by atoms with E-state index in [0.717, 1.165) is 50.9 Å². The van der Waals surface area contributed by atoms with Crippen LogP contribution in [0.2, 0.25) is 0 Å². The summed E-state index contributed by atoms with van der Waals surface area (Å²) in [6.45, 7) is 2.21. The van der Waals surface area contributed by atoms with Crippen molar-refractivity contribution in [2.75, 3.05) is 33.3 Å². The highest BCUT2D eigenvalue weighted by Crippen LogP contribution is 2.40. The van der Waals surface area contributed by atoms with Crippen LogP contribution in [0.15, 0.2) is 23.0 Å². The summed E-state index contributed by atoms with van der Waals surface area (Å²) in [6, 6.07) is 5.34. The number of likely N-dealkylation sites (tertiary alicyclic amines) is 1. The molecule has 4 rings (SSSR count). The van der Waals surface area contributed by atoms with Crippen LogP contribution in [0.1, 0.15) is 49.8 Å². The van der Waals surface area contributed by atoms with Crippen LogP contribution in [-0.2, 0) is 14.3 Å². The van der Waals surface area contributed by atoms with E-state index in [2.05, 4.69) is 10.2 Å². The summed E-state index contributed by atoms with van der Waals surface area (Å²) in [6.07, 6.45) is 5.15. The van der Waals surface area contributed by atoms with Gasteiger partial charge in [-0.1, -0.05) is 18.9 Å². The van der Waals surface area contributed by atoms with E-state index < -0.39 is 0 Å². The molecule has 0 unspecified atom stereocenters. The second-order valence-electron chi connectivity index (χ2n) is 8.42. The van der Waals surface area contributed by atoms with E-state index in [1.807, 2.05) is 16.7 Å². The average Bonchev–Trinajstić information content (AvgIpc) is 3.23. The molecule has 0 spiro atoms. The molecule has 3 heterocycles. The number of carbonyl (C=O) groups is 2. The fourth-order valence-electron chi connectivity index (χ4n) is 5.31. The fourth-order valence-corrected chi connectivity index (χ4v) is 5.31. The normalized spacial score (nSPS) is 27.2. The molecule has 0 radical (unpaired) electrons. The van der Waals surface area contributed by atoms with E-state index >= 15 is 0 Å². The number of ether oxygens (including phenoxy) is 1. The largest absolute Gasteiger partial charge is 0.468 e. The average molecular weight is 387 g/mol. The summed E-state index contributed by atoms with van der Waals surface area (Å²) in [5.41, 5.74) is 1.01. The lowest BCUT2D eigenvalue weighted by atomic mass is 9.78. The van der Waals surface area contributed by atoms with Gasteiger partial charge in [-0.15, -0.1) is 0 Å². The van der Waals surface area contributed by atoms with E-state index in [1.165, 1.54) is 7.11 Å². The Balaban J connectivity index is 1.55. The zero-order valence-corrected chi connectivity index (χ0v) is 16.4. The molecule has 0 aromatic carbocycles. The smallest absolute Gasteiger partial charge is 0.319 e. The van der Waals surface area contributed by atoms with E-state index in [1.54, 1.807) is 6.07 Å². The number of aromatic nitrogens is 1. The molecule has 2 fully saturated rings. The maximum absolute atomic E-state index is 12.7. The van der Waals surface area contributed by atoms with Crippen molar-refractivity contribution >= 4 is 11.9 Å². The zero-order valence-electron chi connectivity index (χ0n) is 16.4. The summed E-state index contributed by atoms with van der Waals surface area (Å²) in [5.74, 6) is 0.438. The monoisotopic (exact) mass is 387 g/mol. The van der Waals surface area contributed by atoms with Gasteiger partial charge in [0.1, 0.15) is 0 Å². The van der Waals surface area contributed by atoms with Gasteiger partial charge in [0, 0.05) is 43.2 Å². The van der Waals surface area contributed by atoms with Crippen molar-refractivity contribution in [3.63, 3.8) is 0 Å². The van der Waals surface area contributed by atoms with Gasteiger partial charge >= 0.3 is 5.97 Å². The number of esters is 1. The first-order valence-corrected chi connectivity index (χ1v) is 10.3. The van der Waals surface area contributed by atoms with Crippen molar-refractivity contribution in [1.82, 2.24) is 14.8 Å². The van der Waals surface area contributed by atoms with Gasteiger partial charge in [-0.3, -0.25) is 19.3 Å². The van der Waals surface area contributed by atoms with Crippen LogP contribution >= 0.6 is 0 Å². The number of hydrogen-bond acceptors (Lipinski definition) is 5. The van der Waals surface area contributed by atoms with Crippen molar-refractivity contribution in [3.05, 3.63) is 34.2 Å². The Hall–Kier alpha value is -2.15. The van der Waals surface area contributed by atoms with Crippen LogP contribution in [0.5, 0.6) is 0 Å². The first kappa shape index (κ1) is 19.2. The van der Waals surface area contributed by atoms with Crippen molar-refractivity contribution < 1.29 is 14.3 Å². The standard InChI is InChI=1S/C21H29N3O4/c1-28-20(26)13-23-11-15-9-16(12-23)18(24-17(15)7-4-8-19(24)25)10-22-21(27)14-5-2-3-6-14/h4,7-8,14-16,18H,2-3,5-6,9-13H2,1H3,(H,22,27)/t15-,16+,18+/m1/s1. The Bertz CT molecular complexity index is 799. The molecule has 28 heavy (non-hydrogen) atoms. The molecule has 3 aliphatic rings. The molecule has 7 nitrogen and oxygen atoms in total. The highest BCUT2D eigenvalue weighted by Gasteiger charge is 2.41. The fraction of sp³-hybridized carbons (Fsp3) is 0.667. The molecule has 2 aliphatic heterocycles. The number of nitrogens with zero attached hydrogens (tertiary/aromatic N) is 2. The van der Waals surface area contributed by atoms with Gasteiger partial charge in [-0.05, 0) is 31.2 Å². The molecule has 7 heteroatoms. The van der Waals surface area contributed by atoms with Crippen molar-refractivity contribution in [2.45, 2.75) is 44.1 Å². The van der Waals surface area contributed by atoms with Crippen LogP contribution in [0.4, 0.5) is 0 Å². The highest BCUT2D eigenvalue weighted by atomic mass is 16.5. The summed E-state index contributed by atoms with van der Waals surface area (Å²) < 4.78 is 6.73. The SMILES string of the molecule is COC(=O)CN1C[C@H]2C[C@@H](C1)[C@H](CNC(=O)C1CCCC1)n1c2cccc1=O. The lowest BCUT2D eigenvalue weighted by molar-refractivity contribution is -0.142. The van der Waals surface area contributed by atoms with Gasteiger partial charge in [0.15, 0.2) is 0 Å². The first-order valence-electron chi connectivity index (χ1n) is 10.3. The lowest BCUT2D eigenvalue weighted by Gasteiger charge is -2.46. The lowest BCUT2D eigenvalue weighted by Crippen LogP contribution is -2.53. The summed E-state index contributed by atoms with van der Waals surface area (Å²) in [7, 11) is 1.41. The van der Waals surface area contributed by atoms with Gasteiger partial charge in [-0.2, -0.15) is 0 Å². The maximum atomic E-state index is 12.7. The van der Waals surface area contributed by atoms with Gasteiger partial charge in [0.05, 0.1) is 19.7 Å². The van der Waals surface area contributed by atoms with Gasteiger partial charge < -0.3 is 14.6 Å². The third-order valence-electron chi connectivity index (χ3n) is 6.67. The van der Waals surface area contributed by atoms with Gasteiger partial charge in [0.25, 0.3) is 5.56 Å². The van der Waals surface area contributed by atoms with E-state index in [-0.39, 0.29) is 47.8 Å². The number of rotatable bonds is 5. The summed E-state index contributed by atoms with van der Waals surface area (Å²) >= 11 is 0. The summed E-state index contributed by atoms with van der Waals surface area (Å²) in [5, 5.41) is 3.12. The second kappa shape index (κ2) is 8.07. The highest BCUT2D eigenvalue weighted by molar-refractivity contribution is 5.78. The molecular formula is C21H29N3O4. The van der Waals surface area contributed by atoms with Gasteiger partial charge in [0.2, 0.25) is 5.91 Å². The minimum absolute atomic E-state index is 0.00580. The summed E-state index contributed by atoms with van der Waals surface area (Å²) in [4.78, 5) is 39.1. The van der Waals surface area contributed by atoms with Crippen molar-refractivity contribution in [1.29, 1.82) is 0 Å². The maximum Gasteiger partial charge on any atom is 0.319 e. The third kappa shape index (κ3) is 3.72. The van der Waals surface area contributed by atoms with Crippen LogP contribution in [0.25, 0.3) is 0 Å². The Morgan fingerprint density at radius 1 is 1.21 bits per heavy atom. The predicted octanol–water partition coefficient (Wildman–Crippen LogP) is 1.29. The molecule has 1 aromatic heterocycles. The van der Waals surface area contributed by atoms with E-state index in [9.17, 15) is 14.4 Å². The van der Waals surface area contributed by atoms with E-state index in [4.69, 9.17) is 4.74 Å². The molecule has 1 saturated carbocycles. The Kier molecular flexibility index (Phi) is 5.53. The number of methoxy groups -OCH3 is 1. The molecule has 1 N–H and O–H groups in total. The quantitative estimate of drug-likeness (QED) is 0.770. The third-order valence-corrected chi connectivity index (χ3v) is 6.67. The molecule has 2 bridgehead atoms. The molecule has 3 atom stereocenters. The van der Waals surface area contributed by atoms with Crippen LogP contribution in [0.3, 0.4) is 0 Å². The molecular weight excluding hydrogens is 358 g/mol. The van der Waals surface area contributed by atoms with Crippen LogP contribution < -0.4 is 10.9 Å². The molecule has 152 valence electrons. The molecule has 1 aromatic rings. The van der Waals surface area contributed by atoms with Crippen molar-refractivity contribution in [2.24, 2.45) is 11.8 Å². The van der Waals surface area contributed by atoms with E-state index in [0.29, 0.717) is 6.54 Å². The molecule has 1 amide bonds. The molecule has 1 aliphatic carbocycles. The Morgan fingerprint density at radius 3 is 2.75 bits per heavy atom. The Labute approximate surface area is 165 Å². The number of hydrogen-bond donors (Lipinski definition) is 1. The van der Waals surface area contributed by atoms with Gasteiger partial charge in [-0.25, -0.2) is 0 Å². The predicted molar refractivity (Wildman–Crippen MR) is 104 cm³/mol. The molecule has 1 saturated heterocycles. The number of piperidine rings is 1. The first-order chi connectivity index (χ1) is 13.6. The number of carbonyl (C=O) groups excluding carboxylic acids is 2. The van der Waals surface area contributed by atoms with Crippen LogP contribution in [-0.4, -0.2) is 54.6 Å². The minimum Gasteiger partial charge on any atom is -0.468 e. The number of pyridine rings is 1. The van der Waals surface area contributed by atoms with Crippen molar-refractivity contribution in [3.8, 4) is 0 Å². The second-order valence-corrected chi connectivity index (χ2v) is 8.42. The van der Waals surface area contributed by atoms with Crippen LogP contribution in [0, 0.1) is 11.8 Å². The number of amides is 1. The Morgan fingerprint density at radius 2 is 2.00 bits per heavy atom. The number of nitrogens with one attached hydrogen (secondary N) is 1. The minimum atomic E-state index is -0.239.